The monoisotopic (exact) mass is 271 g/mol. The molecule has 5 nitrogen and oxygen atoms in total. The zero-order valence-corrected chi connectivity index (χ0v) is 11.5. The van der Waals surface area contributed by atoms with Gasteiger partial charge in [-0.1, -0.05) is 6.07 Å². The normalized spacial score (nSPS) is 13.1. The van der Waals surface area contributed by atoms with E-state index in [1.54, 1.807) is 25.1 Å². The Morgan fingerprint density at radius 2 is 2.11 bits per heavy atom. The van der Waals surface area contributed by atoms with Crippen LogP contribution < -0.4 is 0 Å². The molecule has 1 heterocycles. The first-order valence-corrected chi connectivity index (χ1v) is 7.27. The second-order valence-corrected chi connectivity index (χ2v) is 6.59. The van der Waals surface area contributed by atoms with Gasteiger partial charge in [0, 0.05) is 5.69 Å². The Labute approximate surface area is 107 Å². The van der Waals surface area contributed by atoms with Crippen molar-refractivity contribution in [2.45, 2.75) is 31.3 Å². The molecular formula is C12H17NO4S. The van der Waals surface area contributed by atoms with Gasteiger partial charge in [-0.25, -0.2) is 8.42 Å². The van der Waals surface area contributed by atoms with Gasteiger partial charge in [0.25, 0.3) is 0 Å². The Morgan fingerprint density at radius 1 is 1.44 bits per heavy atom. The lowest BCUT2D eigenvalue weighted by molar-refractivity contribution is -0.140. The molecular weight excluding hydrogens is 254 g/mol. The highest BCUT2D eigenvalue weighted by Gasteiger charge is 2.24. The fraction of sp³-hybridized carbons (Fsp3) is 0.500. The lowest BCUT2D eigenvalue weighted by Gasteiger charge is -2.11. The van der Waals surface area contributed by atoms with Gasteiger partial charge in [-0.05, 0) is 26.0 Å². The molecule has 0 amide bonds. The fourth-order valence-electron chi connectivity index (χ4n) is 1.47. The molecule has 0 fully saturated rings. The molecule has 18 heavy (non-hydrogen) atoms. The molecule has 1 rings (SSSR count). The van der Waals surface area contributed by atoms with E-state index in [0.29, 0.717) is 5.69 Å². The van der Waals surface area contributed by atoms with Crippen LogP contribution in [0, 0.1) is 6.92 Å². The number of nitrogens with zero attached hydrogens (tertiary/aromatic N) is 1. The van der Waals surface area contributed by atoms with Gasteiger partial charge in [-0.2, -0.15) is 0 Å². The van der Waals surface area contributed by atoms with E-state index in [1.165, 1.54) is 14.0 Å². The van der Waals surface area contributed by atoms with Crippen molar-refractivity contribution in [3.8, 4) is 0 Å². The average Bonchev–Trinajstić information content (AvgIpc) is 2.28. The van der Waals surface area contributed by atoms with E-state index in [0.717, 1.165) is 5.69 Å². The largest absolute Gasteiger partial charge is 0.469 e. The summed E-state index contributed by atoms with van der Waals surface area (Å²) in [6.07, 6.45) is -0.134. The molecule has 6 heteroatoms. The summed E-state index contributed by atoms with van der Waals surface area (Å²) in [4.78, 5) is 15.2. The van der Waals surface area contributed by atoms with E-state index in [-0.39, 0.29) is 12.2 Å². The van der Waals surface area contributed by atoms with E-state index >= 15 is 0 Å². The van der Waals surface area contributed by atoms with Crippen LogP contribution in [0.15, 0.2) is 18.2 Å². The first-order chi connectivity index (χ1) is 8.35. The van der Waals surface area contributed by atoms with Crippen LogP contribution in [0.1, 0.15) is 24.7 Å². The molecule has 1 unspecified atom stereocenters. The number of pyridine rings is 1. The average molecular weight is 271 g/mol. The van der Waals surface area contributed by atoms with E-state index in [2.05, 4.69) is 9.72 Å². The molecule has 0 saturated carbocycles. The van der Waals surface area contributed by atoms with Crippen molar-refractivity contribution in [2.24, 2.45) is 0 Å². The van der Waals surface area contributed by atoms with E-state index in [1.807, 2.05) is 0 Å². The van der Waals surface area contributed by atoms with Crippen LogP contribution in [0.3, 0.4) is 0 Å². The molecule has 0 bridgehead atoms. The summed E-state index contributed by atoms with van der Waals surface area (Å²) >= 11 is 0. The number of aryl methyl sites for hydroxylation is 1. The van der Waals surface area contributed by atoms with E-state index in [4.69, 9.17) is 0 Å². The van der Waals surface area contributed by atoms with Crippen LogP contribution in [0.25, 0.3) is 0 Å². The minimum atomic E-state index is -3.40. The third-order valence-corrected chi connectivity index (χ3v) is 4.68. The SMILES string of the molecule is COC(=O)CC(C)S(=O)(=O)Cc1cccc(C)n1. The van der Waals surface area contributed by atoms with Gasteiger partial charge in [-0.3, -0.25) is 9.78 Å². The Balaban J connectivity index is 2.78. The molecule has 0 radical (unpaired) electrons. The van der Waals surface area contributed by atoms with E-state index < -0.39 is 21.1 Å². The smallest absolute Gasteiger partial charge is 0.306 e. The van der Waals surface area contributed by atoms with Crippen molar-refractivity contribution in [3.05, 3.63) is 29.6 Å². The molecule has 1 atom stereocenters. The van der Waals surface area contributed by atoms with Crippen LogP contribution >= 0.6 is 0 Å². The number of rotatable bonds is 5. The van der Waals surface area contributed by atoms with Gasteiger partial charge in [0.05, 0.1) is 30.2 Å². The summed E-state index contributed by atoms with van der Waals surface area (Å²) in [5.41, 5.74) is 1.26. The predicted molar refractivity (Wildman–Crippen MR) is 67.7 cm³/mol. The first kappa shape index (κ1) is 14.6. The summed E-state index contributed by atoms with van der Waals surface area (Å²) in [5.74, 6) is -0.685. The highest BCUT2D eigenvalue weighted by atomic mass is 32.2. The number of carbonyl (C=O) groups is 1. The summed E-state index contributed by atoms with van der Waals surface area (Å²) in [6.45, 7) is 3.30. The molecule has 0 saturated heterocycles. The summed E-state index contributed by atoms with van der Waals surface area (Å²) < 4.78 is 28.5. The summed E-state index contributed by atoms with van der Waals surface area (Å²) in [7, 11) is -2.16. The fourth-order valence-corrected chi connectivity index (χ4v) is 2.72. The van der Waals surface area contributed by atoms with Crippen molar-refractivity contribution in [3.63, 3.8) is 0 Å². The predicted octanol–water partition coefficient (Wildman–Crippen LogP) is 1.26. The van der Waals surface area contributed by atoms with Gasteiger partial charge >= 0.3 is 5.97 Å². The summed E-state index contributed by atoms with van der Waals surface area (Å²) in [6, 6.07) is 5.22. The lowest BCUT2D eigenvalue weighted by Crippen LogP contribution is -2.24. The van der Waals surface area contributed by atoms with Crippen LogP contribution in [0.5, 0.6) is 0 Å². The number of ether oxygens (including phenoxy) is 1. The minimum absolute atomic E-state index is 0.134. The number of esters is 1. The van der Waals surface area contributed by atoms with Crippen LogP contribution in [0.2, 0.25) is 0 Å². The molecule has 0 spiro atoms. The van der Waals surface area contributed by atoms with E-state index in [9.17, 15) is 13.2 Å². The Hall–Kier alpha value is -1.43. The van der Waals surface area contributed by atoms with Gasteiger partial charge < -0.3 is 4.74 Å². The van der Waals surface area contributed by atoms with Crippen LogP contribution in [-0.2, 0) is 25.1 Å². The number of hydrogen-bond donors (Lipinski definition) is 0. The topological polar surface area (TPSA) is 73.3 Å². The highest BCUT2D eigenvalue weighted by molar-refractivity contribution is 7.91. The van der Waals surface area contributed by atoms with Crippen molar-refractivity contribution in [1.82, 2.24) is 4.98 Å². The Kier molecular flexibility index (Phi) is 4.84. The molecule has 100 valence electrons. The number of sulfone groups is 1. The third-order valence-electron chi connectivity index (χ3n) is 2.59. The van der Waals surface area contributed by atoms with Crippen molar-refractivity contribution < 1.29 is 17.9 Å². The molecule has 0 aromatic carbocycles. The molecule has 0 aliphatic heterocycles. The molecule has 1 aromatic heterocycles. The quantitative estimate of drug-likeness (QED) is 0.754. The number of aromatic nitrogens is 1. The van der Waals surface area contributed by atoms with Crippen LogP contribution in [-0.4, -0.2) is 31.7 Å². The molecule has 0 aliphatic carbocycles. The number of hydrogen-bond acceptors (Lipinski definition) is 5. The van der Waals surface area contributed by atoms with Gasteiger partial charge in [0.15, 0.2) is 9.84 Å². The van der Waals surface area contributed by atoms with Gasteiger partial charge in [0.2, 0.25) is 0 Å². The zero-order chi connectivity index (χ0) is 13.8. The maximum absolute atomic E-state index is 12.0. The lowest BCUT2D eigenvalue weighted by atomic mass is 10.3. The maximum atomic E-state index is 12.0. The Bertz CT molecular complexity index is 525. The maximum Gasteiger partial charge on any atom is 0.306 e. The first-order valence-electron chi connectivity index (χ1n) is 5.56. The second kappa shape index (κ2) is 5.95. The highest BCUT2D eigenvalue weighted by Crippen LogP contribution is 2.13. The van der Waals surface area contributed by atoms with Crippen molar-refractivity contribution >= 4 is 15.8 Å². The third kappa shape index (κ3) is 4.10. The summed E-state index contributed by atoms with van der Waals surface area (Å²) in [5, 5.41) is -0.771. The molecule has 1 aromatic rings. The number of methoxy groups -OCH3 is 1. The van der Waals surface area contributed by atoms with Crippen molar-refractivity contribution in [2.75, 3.05) is 7.11 Å². The minimum Gasteiger partial charge on any atom is -0.469 e. The second-order valence-electron chi connectivity index (χ2n) is 4.17. The Morgan fingerprint density at radius 3 is 2.67 bits per heavy atom. The van der Waals surface area contributed by atoms with Crippen LogP contribution in [0.4, 0.5) is 0 Å². The number of carbonyl (C=O) groups excluding carboxylic acids is 1. The standard InChI is InChI=1S/C12H17NO4S/c1-9-5-4-6-11(13-9)8-18(15,16)10(2)7-12(14)17-3/h4-6,10H,7-8H2,1-3H3. The van der Waals surface area contributed by atoms with Crippen molar-refractivity contribution in [1.29, 1.82) is 0 Å². The molecule has 0 N–H and O–H groups in total. The van der Waals surface area contributed by atoms with Gasteiger partial charge in [-0.15, -0.1) is 0 Å². The zero-order valence-electron chi connectivity index (χ0n) is 10.7. The van der Waals surface area contributed by atoms with Gasteiger partial charge in [0.1, 0.15) is 0 Å². The molecule has 0 aliphatic rings.